The van der Waals surface area contributed by atoms with Crippen LogP contribution in [0.4, 0.5) is 0 Å². The van der Waals surface area contributed by atoms with Crippen molar-refractivity contribution < 1.29 is 5.11 Å². The minimum atomic E-state index is 0.217. The molecule has 1 N–H and O–H groups in total. The number of aryl methyl sites for hydroxylation is 2. The van der Waals surface area contributed by atoms with Gasteiger partial charge in [0.1, 0.15) is 22.5 Å². The molecule has 0 aliphatic carbocycles. The smallest absolute Gasteiger partial charge is 0.143 e. The zero-order valence-corrected chi connectivity index (χ0v) is 18.0. The highest BCUT2D eigenvalue weighted by Crippen LogP contribution is 2.24. The fraction of sp³-hybridized carbons (Fsp3) is 0.520. The fourth-order valence-electron chi connectivity index (χ4n) is 3.83. The number of phenolic OH excluding ortho intramolecular Hbond substituents is 1. The lowest BCUT2D eigenvalue weighted by molar-refractivity contribution is 0.467. The van der Waals surface area contributed by atoms with E-state index in [4.69, 9.17) is 0 Å². The van der Waals surface area contributed by atoms with Crippen LogP contribution in [0.5, 0.6) is 5.75 Å². The van der Waals surface area contributed by atoms with Gasteiger partial charge in [-0.2, -0.15) is 0 Å². The summed E-state index contributed by atoms with van der Waals surface area (Å²) >= 11 is 0. The lowest BCUT2D eigenvalue weighted by Crippen LogP contribution is -2.00. The first-order valence-electron chi connectivity index (χ1n) is 11.3. The molecule has 0 saturated heterocycles. The molecule has 0 aliphatic rings. The van der Waals surface area contributed by atoms with E-state index in [-0.39, 0.29) is 5.75 Å². The first kappa shape index (κ1) is 21.4. The van der Waals surface area contributed by atoms with Crippen LogP contribution in [0.1, 0.15) is 82.3 Å². The second-order valence-electron chi connectivity index (χ2n) is 8.24. The Morgan fingerprint density at radius 2 is 1.41 bits per heavy atom. The van der Waals surface area contributed by atoms with Crippen LogP contribution in [0.25, 0.3) is 16.7 Å². The number of phenols is 1. The van der Waals surface area contributed by atoms with Crippen LogP contribution < -0.4 is 0 Å². The van der Waals surface area contributed by atoms with E-state index in [9.17, 15) is 5.11 Å². The summed E-state index contributed by atoms with van der Waals surface area (Å²) in [6.07, 6.45) is 14.5. The quantitative estimate of drug-likeness (QED) is 0.341. The van der Waals surface area contributed by atoms with Gasteiger partial charge in [0.05, 0.1) is 0 Å². The minimum Gasteiger partial charge on any atom is -0.506 e. The van der Waals surface area contributed by atoms with Crippen molar-refractivity contribution in [1.29, 1.82) is 0 Å². The van der Waals surface area contributed by atoms with Gasteiger partial charge < -0.3 is 5.11 Å². The van der Waals surface area contributed by atoms with Crippen molar-refractivity contribution in [2.24, 2.45) is 0 Å². The van der Waals surface area contributed by atoms with Crippen molar-refractivity contribution in [2.75, 3.05) is 0 Å². The van der Waals surface area contributed by atoms with Crippen molar-refractivity contribution in [3.8, 4) is 11.4 Å². The lowest BCUT2D eigenvalue weighted by atomic mass is 10.0. The molecular formula is C25H35N3O. The first-order valence-corrected chi connectivity index (χ1v) is 11.3. The maximum atomic E-state index is 10.3. The van der Waals surface area contributed by atoms with E-state index in [1.807, 2.05) is 37.3 Å². The van der Waals surface area contributed by atoms with E-state index in [0.717, 1.165) is 23.0 Å². The molecule has 29 heavy (non-hydrogen) atoms. The van der Waals surface area contributed by atoms with Gasteiger partial charge >= 0.3 is 0 Å². The number of aromatic hydroxyl groups is 1. The normalized spacial score (nSPS) is 11.4. The number of nitrogens with zero attached hydrogens (tertiary/aromatic N) is 3. The largest absolute Gasteiger partial charge is 0.506 e. The van der Waals surface area contributed by atoms with Crippen molar-refractivity contribution in [3.05, 3.63) is 47.5 Å². The molecule has 0 bridgehead atoms. The summed E-state index contributed by atoms with van der Waals surface area (Å²) < 4.78 is 0. The van der Waals surface area contributed by atoms with E-state index >= 15 is 0 Å². The third kappa shape index (κ3) is 6.31. The summed E-state index contributed by atoms with van der Waals surface area (Å²) in [6.45, 7) is 4.31. The van der Waals surface area contributed by atoms with Gasteiger partial charge in [0.2, 0.25) is 0 Å². The Morgan fingerprint density at radius 3 is 2.14 bits per heavy atom. The zero-order valence-electron chi connectivity index (χ0n) is 18.0. The Bertz CT molecular complexity index is 900. The molecule has 0 atom stereocenters. The first-order chi connectivity index (χ1) is 14.2. The van der Waals surface area contributed by atoms with Gasteiger partial charge in [0.25, 0.3) is 0 Å². The number of hydrogen-bond acceptors (Lipinski definition) is 3. The molecule has 2 aromatic carbocycles. The highest BCUT2D eigenvalue weighted by molar-refractivity contribution is 5.74. The van der Waals surface area contributed by atoms with Crippen molar-refractivity contribution in [3.63, 3.8) is 0 Å². The summed E-state index contributed by atoms with van der Waals surface area (Å²) in [7, 11) is 0. The van der Waals surface area contributed by atoms with E-state index < -0.39 is 0 Å². The zero-order chi connectivity index (χ0) is 20.5. The second kappa shape index (κ2) is 11.0. The molecule has 0 radical (unpaired) electrons. The standard InChI is InChI=1S/C25H35N3O/c1-3-4-5-6-7-8-9-10-11-12-13-21-15-17-25(29)24(19-21)28-26-22-16-14-20(2)18-23(22)27-28/h14-19,29H,3-13H2,1-2H3. The summed E-state index contributed by atoms with van der Waals surface area (Å²) in [5, 5.41) is 19.4. The summed E-state index contributed by atoms with van der Waals surface area (Å²) in [6, 6.07) is 11.8. The molecule has 0 spiro atoms. The van der Waals surface area contributed by atoms with E-state index in [0.29, 0.717) is 5.69 Å². The molecule has 4 nitrogen and oxygen atoms in total. The van der Waals surface area contributed by atoms with Crippen LogP contribution in [-0.4, -0.2) is 20.1 Å². The Balaban J connectivity index is 1.48. The van der Waals surface area contributed by atoms with Crippen molar-refractivity contribution >= 4 is 11.0 Å². The van der Waals surface area contributed by atoms with Crippen LogP contribution in [-0.2, 0) is 6.42 Å². The topological polar surface area (TPSA) is 50.9 Å². The molecule has 4 heteroatoms. The molecule has 1 heterocycles. The van der Waals surface area contributed by atoms with Gasteiger partial charge in [-0.1, -0.05) is 76.8 Å². The highest BCUT2D eigenvalue weighted by atomic mass is 16.3. The maximum absolute atomic E-state index is 10.3. The Hall–Kier alpha value is -2.36. The van der Waals surface area contributed by atoms with Gasteiger partial charge in [0, 0.05) is 0 Å². The third-order valence-electron chi connectivity index (χ3n) is 5.61. The minimum absolute atomic E-state index is 0.217. The Kier molecular flexibility index (Phi) is 8.09. The Morgan fingerprint density at radius 1 is 0.759 bits per heavy atom. The molecule has 3 aromatic rings. The molecule has 0 unspecified atom stereocenters. The molecule has 0 aliphatic heterocycles. The molecule has 156 valence electrons. The van der Waals surface area contributed by atoms with E-state index in [1.165, 1.54) is 69.8 Å². The van der Waals surface area contributed by atoms with Gasteiger partial charge in [-0.05, 0) is 55.2 Å². The number of rotatable bonds is 12. The SMILES string of the molecule is CCCCCCCCCCCCc1ccc(O)c(-n2nc3ccc(C)cc3n2)c1. The predicted octanol–water partition coefficient (Wildman–Crippen LogP) is 6.90. The van der Waals surface area contributed by atoms with E-state index in [1.54, 1.807) is 10.9 Å². The van der Waals surface area contributed by atoms with Crippen LogP contribution in [0, 0.1) is 6.92 Å². The monoisotopic (exact) mass is 393 g/mol. The maximum Gasteiger partial charge on any atom is 0.143 e. The van der Waals surface area contributed by atoms with Gasteiger partial charge in [-0.25, -0.2) is 0 Å². The summed E-state index contributed by atoms with van der Waals surface area (Å²) in [5.74, 6) is 0.217. The van der Waals surface area contributed by atoms with Gasteiger partial charge in [-0.3, -0.25) is 0 Å². The average molecular weight is 394 g/mol. The number of unbranched alkanes of at least 4 members (excludes halogenated alkanes) is 9. The molecule has 3 rings (SSSR count). The molecule has 0 saturated carbocycles. The number of benzene rings is 2. The molecular weight excluding hydrogens is 358 g/mol. The molecule has 0 amide bonds. The van der Waals surface area contributed by atoms with Crippen LogP contribution in [0.15, 0.2) is 36.4 Å². The summed E-state index contributed by atoms with van der Waals surface area (Å²) in [5.41, 5.74) is 4.74. The lowest BCUT2D eigenvalue weighted by Gasteiger charge is -2.07. The van der Waals surface area contributed by atoms with Crippen molar-refractivity contribution in [1.82, 2.24) is 15.0 Å². The van der Waals surface area contributed by atoms with E-state index in [2.05, 4.69) is 17.1 Å². The van der Waals surface area contributed by atoms with Crippen LogP contribution >= 0.6 is 0 Å². The third-order valence-corrected chi connectivity index (χ3v) is 5.61. The fourth-order valence-corrected chi connectivity index (χ4v) is 3.83. The second-order valence-corrected chi connectivity index (χ2v) is 8.24. The average Bonchev–Trinajstić information content (AvgIpc) is 3.13. The number of hydrogen-bond donors (Lipinski definition) is 1. The molecule has 0 fully saturated rings. The number of aromatic nitrogens is 3. The van der Waals surface area contributed by atoms with Crippen molar-refractivity contribution in [2.45, 2.75) is 84.5 Å². The number of fused-ring (bicyclic) bond motifs is 1. The van der Waals surface area contributed by atoms with Crippen LogP contribution in [0.2, 0.25) is 0 Å². The van der Waals surface area contributed by atoms with Crippen LogP contribution in [0.3, 0.4) is 0 Å². The highest BCUT2D eigenvalue weighted by Gasteiger charge is 2.10. The van der Waals surface area contributed by atoms with Gasteiger partial charge in [-0.15, -0.1) is 15.0 Å². The predicted molar refractivity (Wildman–Crippen MR) is 121 cm³/mol. The summed E-state index contributed by atoms with van der Waals surface area (Å²) in [4.78, 5) is 1.56. The Labute approximate surface area is 175 Å². The molecule has 1 aromatic heterocycles. The van der Waals surface area contributed by atoms with Gasteiger partial charge in [0.15, 0.2) is 0 Å².